The van der Waals surface area contributed by atoms with Gasteiger partial charge in [-0.15, -0.1) is 0 Å². The molecule has 6 heteroatoms. The molecule has 0 saturated carbocycles. The number of hydrogen-bond acceptors (Lipinski definition) is 3. The Kier molecular flexibility index (Phi) is 3.12. The largest absolute Gasteiger partial charge is 0.266 e. The Morgan fingerprint density at radius 2 is 2.00 bits per heavy atom. The topological polar surface area (TPSA) is 66.1 Å². The number of rotatable bonds is 3. The van der Waals surface area contributed by atoms with Gasteiger partial charge in [0.15, 0.2) is 5.03 Å². The molecule has 1 atom stereocenters. The van der Waals surface area contributed by atoms with E-state index in [4.69, 9.17) is 0 Å². The Labute approximate surface area is 112 Å². The lowest BCUT2D eigenvalue weighted by atomic mass is 10.1. The monoisotopic (exact) mass is 277 g/mol. The smallest absolute Gasteiger partial charge is 0.260 e. The van der Waals surface area contributed by atoms with E-state index in [-0.39, 0.29) is 11.1 Å². The maximum atomic E-state index is 12.5. The van der Waals surface area contributed by atoms with Crippen LogP contribution < -0.4 is 0 Å². The van der Waals surface area contributed by atoms with Crippen molar-refractivity contribution in [2.24, 2.45) is 0 Å². The van der Waals surface area contributed by atoms with Crippen molar-refractivity contribution >= 4 is 10.0 Å². The zero-order valence-corrected chi connectivity index (χ0v) is 11.2. The van der Waals surface area contributed by atoms with Gasteiger partial charge in [-0.2, -0.15) is 9.40 Å². The van der Waals surface area contributed by atoms with E-state index in [1.807, 2.05) is 30.3 Å². The lowest BCUT2D eigenvalue weighted by Gasteiger charge is -2.23. The van der Waals surface area contributed by atoms with Crippen molar-refractivity contribution in [3.63, 3.8) is 0 Å². The van der Waals surface area contributed by atoms with Gasteiger partial charge in [0.1, 0.15) is 0 Å². The highest BCUT2D eigenvalue weighted by atomic mass is 32.2. The number of hydrogen-bond donors (Lipinski definition) is 1. The third-order valence-corrected chi connectivity index (χ3v) is 5.29. The minimum absolute atomic E-state index is 0.0745. The van der Waals surface area contributed by atoms with Crippen LogP contribution in [-0.4, -0.2) is 29.5 Å². The van der Waals surface area contributed by atoms with Crippen molar-refractivity contribution in [1.82, 2.24) is 14.5 Å². The normalized spacial score (nSPS) is 20.7. The predicted molar refractivity (Wildman–Crippen MR) is 70.9 cm³/mol. The fourth-order valence-electron chi connectivity index (χ4n) is 2.55. The van der Waals surface area contributed by atoms with Crippen molar-refractivity contribution < 1.29 is 8.42 Å². The van der Waals surface area contributed by atoms with Gasteiger partial charge in [0, 0.05) is 6.54 Å². The van der Waals surface area contributed by atoms with Crippen LogP contribution in [0.25, 0.3) is 0 Å². The van der Waals surface area contributed by atoms with Crippen LogP contribution in [0.2, 0.25) is 0 Å². The number of aromatic amines is 1. The fraction of sp³-hybridized carbons (Fsp3) is 0.308. The Bertz CT molecular complexity index is 638. The van der Waals surface area contributed by atoms with Crippen molar-refractivity contribution in [2.75, 3.05) is 6.54 Å². The second-order valence-corrected chi connectivity index (χ2v) is 6.46. The summed E-state index contributed by atoms with van der Waals surface area (Å²) in [6, 6.07) is 11.2. The molecule has 1 unspecified atom stereocenters. The van der Waals surface area contributed by atoms with E-state index in [2.05, 4.69) is 10.2 Å². The average Bonchev–Trinajstić information content (AvgIpc) is 3.11. The summed E-state index contributed by atoms with van der Waals surface area (Å²) in [5.74, 6) is 0. The van der Waals surface area contributed by atoms with Gasteiger partial charge < -0.3 is 0 Å². The molecule has 1 aromatic carbocycles. The molecule has 0 radical (unpaired) electrons. The summed E-state index contributed by atoms with van der Waals surface area (Å²) >= 11 is 0. The minimum Gasteiger partial charge on any atom is -0.266 e. The highest BCUT2D eigenvalue weighted by Crippen LogP contribution is 2.35. The summed E-state index contributed by atoms with van der Waals surface area (Å²) in [6.45, 7) is 0.556. The molecule has 1 N–H and O–H groups in total. The van der Waals surface area contributed by atoms with Crippen LogP contribution in [0.5, 0.6) is 0 Å². The van der Waals surface area contributed by atoms with E-state index in [1.165, 1.54) is 12.3 Å². The molecule has 3 rings (SSSR count). The second-order valence-electron chi connectivity index (χ2n) is 4.61. The summed E-state index contributed by atoms with van der Waals surface area (Å²) < 4.78 is 26.6. The molecule has 2 heterocycles. The minimum atomic E-state index is -3.48. The Balaban J connectivity index is 1.97. The zero-order chi connectivity index (χ0) is 13.3. The summed E-state index contributed by atoms with van der Waals surface area (Å²) in [6.07, 6.45) is 3.20. The van der Waals surface area contributed by atoms with Gasteiger partial charge in [-0.3, -0.25) is 5.10 Å². The summed E-state index contributed by atoms with van der Waals surface area (Å²) in [5, 5.41) is 6.44. The van der Waals surface area contributed by atoms with Crippen LogP contribution in [0.4, 0.5) is 0 Å². The van der Waals surface area contributed by atoms with Gasteiger partial charge in [-0.05, 0) is 24.5 Å². The molecule has 1 fully saturated rings. The van der Waals surface area contributed by atoms with Gasteiger partial charge >= 0.3 is 0 Å². The molecule has 2 aromatic rings. The number of nitrogens with zero attached hydrogens (tertiary/aromatic N) is 2. The SMILES string of the molecule is O=S(=O)(c1ccn[nH]1)N1CCCC1c1ccccc1. The van der Waals surface area contributed by atoms with Crippen LogP contribution in [0.1, 0.15) is 24.4 Å². The third kappa shape index (κ3) is 2.17. The number of benzene rings is 1. The van der Waals surface area contributed by atoms with Crippen molar-refractivity contribution in [2.45, 2.75) is 23.9 Å². The van der Waals surface area contributed by atoms with E-state index in [9.17, 15) is 8.42 Å². The summed E-state index contributed by atoms with van der Waals surface area (Å²) in [5.41, 5.74) is 1.04. The maximum Gasteiger partial charge on any atom is 0.260 e. The number of nitrogens with one attached hydrogen (secondary N) is 1. The molecule has 1 saturated heterocycles. The lowest BCUT2D eigenvalue weighted by molar-refractivity contribution is 0.395. The highest BCUT2D eigenvalue weighted by Gasteiger charge is 2.36. The first kappa shape index (κ1) is 12.4. The van der Waals surface area contributed by atoms with Crippen LogP contribution in [0.15, 0.2) is 47.6 Å². The van der Waals surface area contributed by atoms with Crippen molar-refractivity contribution in [3.05, 3.63) is 48.2 Å². The second kappa shape index (κ2) is 4.79. The van der Waals surface area contributed by atoms with Crippen LogP contribution in [0, 0.1) is 0 Å². The number of H-pyrrole nitrogens is 1. The first-order chi connectivity index (χ1) is 9.19. The summed E-state index contributed by atoms with van der Waals surface area (Å²) in [4.78, 5) is 0. The number of aromatic nitrogens is 2. The number of sulfonamides is 1. The van der Waals surface area contributed by atoms with Gasteiger partial charge in [0.2, 0.25) is 0 Å². The molecular formula is C13H15N3O2S. The fourth-order valence-corrected chi connectivity index (χ4v) is 4.13. The predicted octanol–water partition coefficient (Wildman–Crippen LogP) is 1.94. The molecule has 0 amide bonds. The zero-order valence-electron chi connectivity index (χ0n) is 10.4. The molecular weight excluding hydrogens is 262 g/mol. The van der Waals surface area contributed by atoms with E-state index < -0.39 is 10.0 Å². The lowest BCUT2D eigenvalue weighted by Crippen LogP contribution is -2.30. The van der Waals surface area contributed by atoms with E-state index in [0.29, 0.717) is 6.54 Å². The maximum absolute atomic E-state index is 12.5. The Hall–Kier alpha value is -1.66. The molecule has 0 spiro atoms. The van der Waals surface area contributed by atoms with Crippen molar-refractivity contribution in [3.8, 4) is 0 Å². The van der Waals surface area contributed by atoms with Gasteiger partial charge in [0.05, 0.1) is 12.2 Å². The van der Waals surface area contributed by atoms with Crippen LogP contribution in [0.3, 0.4) is 0 Å². The quantitative estimate of drug-likeness (QED) is 0.932. The third-order valence-electron chi connectivity index (χ3n) is 3.45. The first-order valence-electron chi connectivity index (χ1n) is 6.26. The highest BCUT2D eigenvalue weighted by molar-refractivity contribution is 7.89. The Morgan fingerprint density at radius 3 is 2.68 bits per heavy atom. The van der Waals surface area contributed by atoms with Gasteiger partial charge in [-0.1, -0.05) is 30.3 Å². The van der Waals surface area contributed by atoms with Gasteiger partial charge in [0.25, 0.3) is 10.0 Å². The van der Waals surface area contributed by atoms with Crippen LogP contribution >= 0.6 is 0 Å². The van der Waals surface area contributed by atoms with E-state index in [0.717, 1.165) is 18.4 Å². The average molecular weight is 277 g/mol. The molecule has 1 aliphatic rings. The first-order valence-corrected chi connectivity index (χ1v) is 7.70. The molecule has 0 bridgehead atoms. The van der Waals surface area contributed by atoms with Gasteiger partial charge in [-0.25, -0.2) is 8.42 Å². The van der Waals surface area contributed by atoms with Crippen LogP contribution in [-0.2, 0) is 10.0 Å². The van der Waals surface area contributed by atoms with Crippen molar-refractivity contribution in [1.29, 1.82) is 0 Å². The molecule has 1 aromatic heterocycles. The Morgan fingerprint density at radius 1 is 1.21 bits per heavy atom. The van der Waals surface area contributed by atoms with E-state index >= 15 is 0 Å². The molecule has 5 nitrogen and oxygen atoms in total. The summed E-state index contributed by atoms with van der Waals surface area (Å²) in [7, 11) is -3.48. The molecule has 100 valence electrons. The standard InChI is InChI=1S/C13H15N3O2S/c17-19(18,13-8-9-14-15-13)16-10-4-7-12(16)11-5-2-1-3-6-11/h1-3,5-6,8-9,12H,4,7,10H2,(H,14,15). The molecule has 19 heavy (non-hydrogen) atoms. The van der Waals surface area contributed by atoms with E-state index in [1.54, 1.807) is 4.31 Å². The molecule has 0 aliphatic carbocycles. The molecule has 1 aliphatic heterocycles.